The third-order valence-electron chi connectivity index (χ3n) is 4.78. The summed E-state index contributed by atoms with van der Waals surface area (Å²) in [6, 6.07) is 12.0. The van der Waals surface area contributed by atoms with E-state index in [9.17, 15) is 9.59 Å². The number of halogens is 2. The molecule has 1 heterocycles. The van der Waals surface area contributed by atoms with Crippen LogP contribution in [0.1, 0.15) is 36.5 Å². The number of nitrogens with one attached hydrogen (secondary N) is 1. The number of oxazole rings is 1. The number of aromatic nitrogens is 1. The molecule has 0 saturated heterocycles. The number of carbonyl (C=O) groups excluding carboxylic acids is 2. The molecular weight excluding hydrogens is 437 g/mol. The fourth-order valence-corrected chi connectivity index (χ4v) is 3.57. The molecule has 0 fully saturated rings. The van der Waals surface area contributed by atoms with Gasteiger partial charge in [0.1, 0.15) is 0 Å². The molecule has 0 saturated carbocycles. The molecule has 1 N–H and O–H groups in total. The molecule has 3 aromatic rings. The molecule has 162 valence electrons. The molecule has 0 aliphatic rings. The van der Waals surface area contributed by atoms with Gasteiger partial charge < -0.3 is 14.6 Å². The van der Waals surface area contributed by atoms with Crippen LogP contribution in [0.3, 0.4) is 0 Å². The van der Waals surface area contributed by atoms with Crippen molar-refractivity contribution in [2.45, 2.75) is 26.7 Å². The van der Waals surface area contributed by atoms with Crippen LogP contribution in [0.4, 0.5) is 5.69 Å². The van der Waals surface area contributed by atoms with Crippen LogP contribution in [0.25, 0.3) is 11.3 Å². The lowest BCUT2D eigenvalue weighted by atomic mass is 10.1. The Bertz CT molecular complexity index is 1060. The van der Waals surface area contributed by atoms with Crippen LogP contribution in [0.5, 0.6) is 0 Å². The van der Waals surface area contributed by atoms with Gasteiger partial charge in [-0.05, 0) is 56.3 Å². The third-order valence-corrected chi connectivity index (χ3v) is 5.33. The van der Waals surface area contributed by atoms with Gasteiger partial charge in [0, 0.05) is 47.8 Å². The van der Waals surface area contributed by atoms with E-state index in [1.807, 2.05) is 13.8 Å². The van der Waals surface area contributed by atoms with Crippen molar-refractivity contribution in [3.05, 3.63) is 70.2 Å². The molecule has 2 aromatic carbocycles. The van der Waals surface area contributed by atoms with E-state index in [-0.39, 0.29) is 18.2 Å². The number of aryl methyl sites for hydroxylation is 1. The lowest BCUT2D eigenvalue weighted by Gasteiger charge is -2.18. The normalized spacial score (nSPS) is 10.7. The van der Waals surface area contributed by atoms with Crippen LogP contribution in [0, 0.1) is 0 Å². The molecule has 6 nitrogen and oxygen atoms in total. The quantitative estimate of drug-likeness (QED) is 0.468. The molecule has 1 aromatic heterocycles. The Morgan fingerprint density at radius 3 is 2.42 bits per heavy atom. The molecule has 3 rings (SSSR count). The first kappa shape index (κ1) is 22.8. The first-order valence-corrected chi connectivity index (χ1v) is 10.8. The Kier molecular flexibility index (Phi) is 7.71. The molecule has 0 atom stereocenters. The maximum atomic E-state index is 12.3. The minimum Gasteiger partial charge on any atom is -0.441 e. The number of hydrogen-bond donors (Lipinski definition) is 1. The first-order chi connectivity index (χ1) is 14.9. The van der Waals surface area contributed by atoms with Crippen LogP contribution in [-0.4, -0.2) is 34.8 Å². The molecular formula is C23H23Cl2N3O3. The Labute approximate surface area is 191 Å². The summed E-state index contributed by atoms with van der Waals surface area (Å²) in [5.41, 5.74) is 1.91. The maximum Gasteiger partial charge on any atom is 0.253 e. The van der Waals surface area contributed by atoms with E-state index in [1.165, 1.54) is 0 Å². The number of anilines is 1. The number of rotatable bonds is 8. The summed E-state index contributed by atoms with van der Waals surface area (Å²) >= 11 is 12.1. The standard InChI is InChI=1S/C23H23Cl2N3O3/c1-3-28(4-2)23(30)15-5-8-17(9-6-15)27-21(29)11-12-22-26-14-20(31-22)18-10-7-16(24)13-19(18)25/h5-10,13-14H,3-4,11-12H2,1-2H3,(H,27,29). The minimum atomic E-state index is -0.174. The number of amides is 2. The van der Waals surface area contributed by atoms with Crippen molar-refractivity contribution in [2.24, 2.45) is 0 Å². The number of carbonyl (C=O) groups is 2. The molecule has 31 heavy (non-hydrogen) atoms. The summed E-state index contributed by atoms with van der Waals surface area (Å²) < 4.78 is 5.72. The van der Waals surface area contributed by atoms with Crippen LogP contribution in [-0.2, 0) is 11.2 Å². The second-order valence-electron chi connectivity index (χ2n) is 6.85. The van der Waals surface area contributed by atoms with Crippen LogP contribution in [0.15, 0.2) is 53.1 Å². The lowest BCUT2D eigenvalue weighted by Crippen LogP contribution is -2.30. The number of hydrogen-bond acceptors (Lipinski definition) is 4. The van der Waals surface area contributed by atoms with E-state index in [0.717, 1.165) is 0 Å². The second kappa shape index (κ2) is 10.5. The van der Waals surface area contributed by atoms with Crippen molar-refractivity contribution in [2.75, 3.05) is 18.4 Å². The Morgan fingerprint density at radius 1 is 1.06 bits per heavy atom. The highest BCUT2D eigenvalue weighted by molar-refractivity contribution is 6.36. The largest absolute Gasteiger partial charge is 0.441 e. The third kappa shape index (κ3) is 5.87. The molecule has 0 aliphatic carbocycles. The van der Waals surface area contributed by atoms with Crippen molar-refractivity contribution in [3.8, 4) is 11.3 Å². The van der Waals surface area contributed by atoms with E-state index in [4.69, 9.17) is 27.6 Å². The fraction of sp³-hybridized carbons (Fsp3) is 0.261. The Morgan fingerprint density at radius 2 is 1.77 bits per heavy atom. The van der Waals surface area contributed by atoms with Gasteiger partial charge in [0.25, 0.3) is 5.91 Å². The highest BCUT2D eigenvalue weighted by atomic mass is 35.5. The molecule has 0 spiro atoms. The van der Waals surface area contributed by atoms with Crippen LogP contribution in [0.2, 0.25) is 10.0 Å². The van der Waals surface area contributed by atoms with Gasteiger partial charge in [0.2, 0.25) is 5.91 Å². The van der Waals surface area contributed by atoms with Gasteiger partial charge in [-0.1, -0.05) is 23.2 Å². The Balaban J connectivity index is 1.55. The van der Waals surface area contributed by atoms with E-state index in [1.54, 1.807) is 53.6 Å². The number of nitrogens with zero attached hydrogens (tertiary/aromatic N) is 2. The Hall–Kier alpha value is -2.83. The summed E-state index contributed by atoms with van der Waals surface area (Å²) in [6.45, 7) is 5.19. The van der Waals surface area contributed by atoms with E-state index >= 15 is 0 Å². The fourth-order valence-electron chi connectivity index (χ4n) is 3.07. The van der Waals surface area contributed by atoms with Gasteiger partial charge >= 0.3 is 0 Å². The maximum absolute atomic E-state index is 12.3. The van der Waals surface area contributed by atoms with Gasteiger partial charge in [-0.3, -0.25) is 9.59 Å². The minimum absolute atomic E-state index is 0.0247. The zero-order valence-electron chi connectivity index (χ0n) is 17.3. The zero-order valence-corrected chi connectivity index (χ0v) is 18.8. The average molecular weight is 460 g/mol. The topological polar surface area (TPSA) is 75.4 Å². The molecule has 0 unspecified atom stereocenters. The smallest absolute Gasteiger partial charge is 0.253 e. The molecule has 2 amide bonds. The van der Waals surface area contributed by atoms with Crippen molar-refractivity contribution in [1.29, 1.82) is 0 Å². The summed E-state index contributed by atoms with van der Waals surface area (Å²) in [5.74, 6) is 0.761. The predicted octanol–water partition coefficient (Wildman–Crippen LogP) is 5.70. The first-order valence-electron chi connectivity index (χ1n) is 10.0. The second-order valence-corrected chi connectivity index (χ2v) is 7.69. The molecule has 0 bridgehead atoms. The van der Waals surface area contributed by atoms with Gasteiger partial charge in [0.15, 0.2) is 11.7 Å². The molecule has 0 radical (unpaired) electrons. The van der Waals surface area contributed by atoms with Crippen molar-refractivity contribution in [3.63, 3.8) is 0 Å². The predicted molar refractivity (Wildman–Crippen MR) is 123 cm³/mol. The van der Waals surface area contributed by atoms with Crippen LogP contribution >= 0.6 is 23.2 Å². The molecule has 0 aliphatic heterocycles. The van der Waals surface area contributed by atoms with Gasteiger partial charge in [-0.25, -0.2) is 4.98 Å². The van der Waals surface area contributed by atoms with Crippen molar-refractivity contribution >= 4 is 40.7 Å². The van der Waals surface area contributed by atoms with Gasteiger partial charge in [0.05, 0.1) is 11.2 Å². The van der Waals surface area contributed by atoms with Gasteiger partial charge in [-0.2, -0.15) is 0 Å². The SMILES string of the molecule is CCN(CC)C(=O)c1ccc(NC(=O)CCc2ncc(-c3ccc(Cl)cc3Cl)o2)cc1. The highest BCUT2D eigenvalue weighted by Gasteiger charge is 2.14. The van der Waals surface area contributed by atoms with Gasteiger partial charge in [-0.15, -0.1) is 0 Å². The van der Waals surface area contributed by atoms with Crippen molar-refractivity contribution in [1.82, 2.24) is 9.88 Å². The van der Waals surface area contributed by atoms with Crippen molar-refractivity contribution < 1.29 is 14.0 Å². The zero-order chi connectivity index (χ0) is 22.4. The van der Waals surface area contributed by atoms with Crippen LogP contribution < -0.4 is 5.32 Å². The highest BCUT2D eigenvalue weighted by Crippen LogP contribution is 2.30. The summed E-state index contributed by atoms with van der Waals surface area (Å²) in [7, 11) is 0. The molecule has 8 heteroatoms. The summed E-state index contributed by atoms with van der Waals surface area (Å²) in [4.78, 5) is 30.6. The monoisotopic (exact) mass is 459 g/mol. The number of benzene rings is 2. The van der Waals surface area contributed by atoms with E-state index in [2.05, 4.69) is 10.3 Å². The lowest BCUT2D eigenvalue weighted by molar-refractivity contribution is -0.116. The average Bonchev–Trinajstić information content (AvgIpc) is 3.22. The van der Waals surface area contributed by atoms with E-state index in [0.29, 0.717) is 58.0 Å². The van der Waals surface area contributed by atoms with E-state index < -0.39 is 0 Å². The summed E-state index contributed by atoms with van der Waals surface area (Å²) in [6.07, 6.45) is 2.12. The summed E-state index contributed by atoms with van der Waals surface area (Å²) in [5, 5.41) is 3.83.